The van der Waals surface area contributed by atoms with Gasteiger partial charge in [0.15, 0.2) is 0 Å². The minimum Gasteiger partial charge on any atom is -0.497 e. The number of hydrogen-bond donors (Lipinski definition) is 1. The molecule has 2 aromatic rings. The number of H-pyrrole nitrogens is 1. The Bertz CT molecular complexity index is 576. The number of aromatic amines is 1. The van der Waals surface area contributed by atoms with Crippen LogP contribution in [0.1, 0.15) is 44.9 Å². The molecule has 0 radical (unpaired) electrons. The van der Waals surface area contributed by atoms with E-state index in [2.05, 4.69) is 16.9 Å². The van der Waals surface area contributed by atoms with Gasteiger partial charge in [-0.25, -0.2) is 4.98 Å². The predicted molar refractivity (Wildman–Crippen MR) is 101 cm³/mol. The molecule has 1 aromatic carbocycles. The highest BCUT2D eigenvalue weighted by molar-refractivity contribution is 6.32. The monoisotopic (exact) mass is 372 g/mol. The van der Waals surface area contributed by atoms with Crippen LogP contribution in [0.3, 0.4) is 0 Å². The molecule has 24 heavy (non-hydrogen) atoms. The van der Waals surface area contributed by atoms with Gasteiger partial charge in [0.2, 0.25) is 0 Å². The van der Waals surface area contributed by atoms with Crippen molar-refractivity contribution in [2.45, 2.75) is 51.6 Å². The maximum atomic E-state index is 6.19. The summed E-state index contributed by atoms with van der Waals surface area (Å²) in [5.74, 6) is 2.54. The molecule has 0 saturated heterocycles. The lowest BCUT2D eigenvalue weighted by molar-refractivity contribution is 0.206. The number of halogens is 2. The van der Waals surface area contributed by atoms with Gasteiger partial charge in [0.25, 0.3) is 0 Å². The third kappa shape index (κ3) is 7.02. The van der Waals surface area contributed by atoms with Crippen molar-refractivity contribution in [3.05, 3.63) is 41.4 Å². The van der Waals surface area contributed by atoms with Gasteiger partial charge in [-0.05, 0) is 38.3 Å². The van der Waals surface area contributed by atoms with Gasteiger partial charge in [0.1, 0.15) is 17.3 Å². The average Bonchev–Trinajstić information content (AvgIpc) is 3.06. The Hall–Kier alpha value is -1.39. The molecular formula is C18H26Cl2N2O2. The lowest BCUT2D eigenvalue weighted by atomic mass is 10.1. The second-order valence-electron chi connectivity index (χ2n) is 5.71. The molecule has 6 heteroatoms. The normalized spacial score (nSPS) is 11.6. The summed E-state index contributed by atoms with van der Waals surface area (Å²) >= 11 is 6.19. The minimum absolute atomic E-state index is 0. The molecule has 1 N–H and O–H groups in total. The highest BCUT2D eigenvalue weighted by atomic mass is 35.5. The van der Waals surface area contributed by atoms with E-state index in [1.54, 1.807) is 19.4 Å². The van der Waals surface area contributed by atoms with E-state index in [9.17, 15) is 0 Å². The third-order valence-corrected chi connectivity index (χ3v) is 4.09. The number of methoxy groups -OCH3 is 1. The van der Waals surface area contributed by atoms with Crippen LogP contribution in [-0.2, 0) is 6.42 Å². The smallest absolute Gasteiger partial charge is 0.138 e. The number of nitrogens with one attached hydrogen (secondary N) is 1. The topological polar surface area (TPSA) is 47.1 Å². The Morgan fingerprint density at radius 1 is 1.21 bits per heavy atom. The third-order valence-electron chi connectivity index (χ3n) is 3.80. The highest BCUT2D eigenvalue weighted by Gasteiger charge is 2.08. The van der Waals surface area contributed by atoms with Gasteiger partial charge >= 0.3 is 0 Å². The van der Waals surface area contributed by atoms with Gasteiger partial charge in [-0.1, -0.05) is 24.4 Å². The van der Waals surface area contributed by atoms with Gasteiger partial charge in [0, 0.05) is 24.9 Å². The Morgan fingerprint density at radius 2 is 2.00 bits per heavy atom. The molecule has 0 aliphatic rings. The molecule has 1 heterocycles. The van der Waals surface area contributed by atoms with Gasteiger partial charge in [0.05, 0.1) is 18.2 Å². The number of aryl methyl sites for hydroxylation is 1. The number of benzene rings is 1. The van der Waals surface area contributed by atoms with Gasteiger partial charge < -0.3 is 14.5 Å². The maximum absolute atomic E-state index is 6.19. The second kappa shape index (κ2) is 11.2. The quantitative estimate of drug-likeness (QED) is 0.563. The summed E-state index contributed by atoms with van der Waals surface area (Å²) in [6.45, 7) is 2.09. The average molecular weight is 373 g/mol. The van der Waals surface area contributed by atoms with Crippen molar-refractivity contribution in [3.63, 3.8) is 0 Å². The minimum atomic E-state index is 0. The van der Waals surface area contributed by atoms with E-state index in [4.69, 9.17) is 21.1 Å². The van der Waals surface area contributed by atoms with E-state index in [0.717, 1.165) is 36.6 Å². The summed E-state index contributed by atoms with van der Waals surface area (Å²) in [6, 6.07) is 5.50. The molecule has 1 aromatic heterocycles. The van der Waals surface area contributed by atoms with E-state index < -0.39 is 0 Å². The van der Waals surface area contributed by atoms with Crippen LogP contribution in [0.15, 0.2) is 30.6 Å². The zero-order chi connectivity index (χ0) is 16.5. The number of nitrogens with zero attached hydrogens (tertiary/aromatic N) is 1. The van der Waals surface area contributed by atoms with Crippen LogP contribution in [0.25, 0.3) is 0 Å². The fraction of sp³-hybridized carbons (Fsp3) is 0.500. The molecule has 1 unspecified atom stereocenters. The van der Waals surface area contributed by atoms with Crippen molar-refractivity contribution in [2.24, 2.45) is 0 Å². The summed E-state index contributed by atoms with van der Waals surface area (Å²) < 4.78 is 11.0. The van der Waals surface area contributed by atoms with E-state index in [0.29, 0.717) is 5.02 Å². The fourth-order valence-corrected chi connectivity index (χ4v) is 2.71. The summed E-state index contributed by atoms with van der Waals surface area (Å²) in [5, 5.41) is 0.592. The molecule has 4 nitrogen and oxygen atoms in total. The first-order chi connectivity index (χ1) is 11.2. The number of ether oxygens (including phenoxy) is 2. The van der Waals surface area contributed by atoms with Gasteiger partial charge in [-0.3, -0.25) is 0 Å². The molecule has 0 saturated carbocycles. The van der Waals surface area contributed by atoms with Crippen molar-refractivity contribution >= 4 is 24.0 Å². The summed E-state index contributed by atoms with van der Waals surface area (Å²) in [7, 11) is 1.63. The highest BCUT2D eigenvalue weighted by Crippen LogP contribution is 2.29. The van der Waals surface area contributed by atoms with Crippen molar-refractivity contribution in [3.8, 4) is 11.5 Å². The molecule has 134 valence electrons. The zero-order valence-corrected chi connectivity index (χ0v) is 15.8. The van der Waals surface area contributed by atoms with Crippen molar-refractivity contribution in [2.75, 3.05) is 7.11 Å². The standard InChI is InChI=1S/C18H25ClN2O2.ClH/c1-14(23-17-10-9-15(22-2)13-16(17)19)7-5-3-4-6-8-18-20-11-12-21-18;/h9-14H,3-8H2,1-2H3,(H,20,21);1H. The Balaban J connectivity index is 0.00000288. The van der Waals surface area contributed by atoms with E-state index in [1.165, 1.54) is 19.3 Å². The molecule has 0 spiro atoms. The van der Waals surface area contributed by atoms with Crippen LogP contribution >= 0.6 is 24.0 Å². The summed E-state index contributed by atoms with van der Waals surface area (Å²) in [5.41, 5.74) is 0. The van der Waals surface area contributed by atoms with Crippen molar-refractivity contribution in [1.29, 1.82) is 0 Å². The largest absolute Gasteiger partial charge is 0.497 e. The molecular weight excluding hydrogens is 347 g/mol. The lowest BCUT2D eigenvalue weighted by Gasteiger charge is -2.16. The molecule has 0 aliphatic carbocycles. The molecule has 0 amide bonds. The van der Waals surface area contributed by atoms with Crippen LogP contribution in [-0.4, -0.2) is 23.2 Å². The van der Waals surface area contributed by atoms with Crippen LogP contribution < -0.4 is 9.47 Å². The van der Waals surface area contributed by atoms with E-state index in [1.807, 2.05) is 18.3 Å². The van der Waals surface area contributed by atoms with Gasteiger partial charge in [-0.15, -0.1) is 12.4 Å². The Kier molecular flexibility index (Phi) is 9.65. The van der Waals surface area contributed by atoms with E-state index in [-0.39, 0.29) is 18.5 Å². The molecule has 0 aliphatic heterocycles. The first kappa shape index (κ1) is 20.7. The Labute approximate surface area is 155 Å². The van der Waals surface area contributed by atoms with Crippen LogP contribution in [0.4, 0.5) is 0 Å². The lowest BCUT2D eigenvalue weighted by Crippen LogP contribution is -2.11. The molecule has 0 bridgehead atoms. The van der Waals surface area contributed by atoms with Gasteiger partial charge in [-0.2, -0.15) is 0 Å². The summed E-state index contributed by atoms with van der Waals surface area (Å²) in [6.07, 6.45) is 10.7. The zero-order valence-electron chi connectivity index (χ0n) is 14.3. The van der Waals surface area contributed by atoms with Crippen molar-refractivity contribution in [1.82, 2.24) is 9.97 Å². The van der Waals surface area contributed by atoms with Crippen molar-refractivity contribution < 1.29 is 9.47 Å². The van der Waals surface area contributed by atoms with Crippen LogP contribution in [0, 0.1) is 0 Å². The predicted octanol–water partition coefficient (Wildman–Crippen LogP) is 5.45. The second-order valence-corrected chi connectivity index (χ2v) is 6.12. The number of rotatable bonds is 10. The molecule has 2 rings (SSSR count). The number of aromatic nitrogens is 2. The van der Waals surface area contributed by atoms with E-state index >= 15 is 0 Å². The van der Waals surface area contributed by atoms with Crippen LogP contribution in [0.2, 0.25) is 5.02 Å². The number of unbranched alkanes of at least 4 members (excludes halogenated alkanes) is 3. The number of hydrogen-bond acceptors (Lipinski definition) is 3. The summed E-state index contributed by atoms with van der Waals surface area (Å²) in [4.78, 5) is 7.37. The van der Waals surface area contributed by atoms with Crippen LogP contribution in [0.5, 0.6) is 11.5 Å². The maximum Gasteiger partial charge on any atom is 0.138 e. The number of imidazole rings is 1. The molecule has 1 atom stereocenters. The first-order valence-electron chi connectivity index (χ1n) is 8.17. The fourth-order valence-electron chi connectivity index (χ4n) is 2.49. The SMILES string of the molecule is COc1ccc(OC(C)CCCCCCc2ncc[nH]2)c(Cl)c1.Cl. The Morgan fingerprint density at radius 3 is 2.67 bits per heavy atom. The first-order valence-corrected chi connectivity index (χ1v) is 8.55. The molecule has 0 fully saturated rings.